The summed E-state index contributed by atoms with van der Waals surface area (Å²) in [5.41, 5.74) is 15.5. The second-order valence-corrected chi connectivity index (χ2v) is 7.61. The van der Waals surface area contributed by atoms with Gasteiger partial charge in [0.25, 0.3) is 0 Å². The maximum atomic E-state index is 9.47. The number of aryl methyl sites for hydroxylation is 1. The molecule has 4 N–H and O–H groups in total. The Labute approximate surface area is 167 Å². The summed E-state index contributed by atoms with van der Waals surface area (Å²) < 4.78 is 11.4. The molecule has 140 valence electrons. The van der Waals surface area contributed by atoms with Crippen LogP contribution in [-0.4, -0.2) is 12.1 Å². The molecule has 3 aromatic rings. The SMILES string of the molecule is COc1ccc2c(c1)C(Sc1ccc(C)cc1)c1c(nc(N)c(C#N)c1N)O2. The highest BCUT2D eigenvalue weighted by Crippen LogP contribution is 2.54. The Balaban J connectivity index is 1.91. The van der Waals surface area contributed by atoms with Crippen LogP contribution in [0, 0.1) is 18.3 Å². The van der Waals surface area contributed by atoms with Gasteiger partial charge in [-0.1, -0.05) is 17.7 Å². The van der Waals surface area contributed by atoms with E-state index in [0.717, 1.165) is 10.5 Å². The highest BCUT2D eigenvalue weighted by atomic mass is 32.2. The van der Waals surface area contributed by atoms with Gasteiger partial charge in [0, 0.05) is 10.5 Å². The summed E-state index contributed by atoms with van der Waals surface area (Å²) >= 11 is 1.61. The van der Waals surface area contributed by atoms with Crippen molar-refractivity contribution in [2.75, 3.05) is 18.6 Å². The highest BCUT2D eigenvalue weighted by Gasteiger charge is 2.34. The van der Waals surface area contributed by atoms with Gasteiger partial charge in [-0.25, -0.2) is 0 Å². The molecule has 1 aliphatic rings. The molecular weight excluding hydrogens is 372 g/mol. The van der Waals surface area contributed by atoms with Gasteiger partial charge in [-0.2, -0.15) is 10.2 Å². The van der Waals surface area contributed by atoms with Gasteiger partial charge < -0.3 is 20.9 Å². The number of rotatable bonds is 3. The van der Waals surface area contributed by atoms with Crippen LogP contribution in [0.15, 0.2) is 47.4 Å². The van der Waals surface area contributed by atoms with Crippen LogP contribution in [0.5, 0.6) is 17.4 Å². The van der Waals surface area contributed by atoms with E-state index >= 15 is 0 Å². The fraction of sp³-hybridized carbons (Fsp3) is 0.143. The minimum Gasteiger partial charge on any atom is -0.497 e. The lowest BCUT2D eigenvalue weighted by atomic mass is 9.98. The molecule has 0 amide bonds. The monoisotopic (exact) mass is 390 g/mol. The maximum Gasteiger partial charge on any atom is 0.228 e. The van der Waals surface area contributed by atoms with Gasteiger partial charge >= 0.3 is 0 Å². The van der Waals surface area contributed by atoms with E-state index in [4.69, 9.17) is 20.9 Å². The van der Waals surface area contributed by atoms with E-state index in [1.807, 2.05) is 25.1 Å². The Hall–Kier alpha value is -3.37. The molecule has 0 saturated carbocycles. The minimum atomic E-state index is -0.225. The molecule has 2 aromatic carbocycles. The average molecular weight is 390 g/mol. The first-order valence-corrected chi connectivity index (χ1v) is 9.48. The zero-order chi connectivity index (χ0) is 19.8. The summed E-state index contributed by atoms with van der Waals surface area (Å²) in [5.74, 6) is 1.77. The standard InChI is InChI=1S/C21H18N4O2S/c1-11-3-6-13(7-4-11)28-19-14-9-12(26-2)5-8-16(14)27-21-17(19)18(23)15(10-22)20(24)25-21/h3-9,19H,1-2H3,(H4,23,24,25). The number of fused-ring (bicyclic) bond motifs is 2. The predicted molar refractivity (Wildman–Crippen MR) is 110 cm³/mol. The van der Waals surface area contributed by atoms with Crippen LogP contribution in [0.4, 0.5) is 11.5 Å². The zero-order valence-corrected chi connectivity index (χ0v) is 16.2. The number of nitriles is 1. The number of methoxy groups -OCH3 is 1. The molecular formula is C21H18N4O2S. The number of nitrogens with zero attached hydrogens (tertiary/aromatic N) is 2. The number of anilines is 2. The smallest absolute Gasteiger partial charge is 0.228 e. The quantitative estimate of drug-likeness (QED) is 0.681. The maximum absolute atomic E-state index is 9.47. The lowest BCUT2D eigenvalue weighted by Crippen LogP contribution is -2.15. The molecule has 2 heterocycles. The first kappa shape index (κ1) is 18.0. The van der Waals surface area contributed by atoms with Gasteiger partial charge in [-0.05, 0) is 37.3 Å². The number of nitrogens with two attached hydrogens (primary N) is 2. The normalized spacial score (nSPS) is 14.4. The predicted octanol–water partition coefficient (Wildman–Crippen LogP) is 4.42. The Morgan fingerprint density at radius 1 is 1.18 bits per heavy atom. The summed E-state index contributed by atoms with van der Waals surface area (Å²) in [7, 11) is 1.62. The third-order valence-electron chi connectivity index (χ3n) is 4.62. The van der Waals surface area contributed by atoms with Crippen molar-refractivity contribution in [2.24, 2.45) is 0 Å². The molecule has 0 spiro atoms. The summed E-state index contributed by atoms with van der Waals surface area (Å²) in [6, 6.07) is 15.9. The molecule has 0 fully saturated rings. The summed E-state index contributed by atoms with van der Waals surface area (Å²) in [6.07, 6.45) is 0. The Morgan fingerprint density at radius 2 is 1.93 bits per heavy atom. The van der Waals surface area contributed by atoms with Crippen LogP contribution in [0.1, 0.15) is 27.5 Å². The largest absolute Gasteiger partial charge is 0.497 e. The van der Waals surface area contributed by atoms with Crippen LogP contribution >= 0.6 is 11.8 Å². The van der Waals surface area contributed by atoms with Crippen molar-refractivity contribution >= 4 is 23.3 Å². The van der Waals surface area contributed by atoms with Crippen molar-refractivity contribution in [2.45, 2.75) is 17.1 Å². The molecule has 4 rings (SSSR count). The number of ether oxygens (including phenoxy) is 2. The molecule has 0 radical (unpaired) electrons. The van der Waals surface area contributed by atoms with Gasteiger partial charge in [0.2, 0.25) is 5.88 Å². The number of nitrogen functional groups attached to an aromatic ring is 2. The number of pyridine rings is 1. The molecule has 0 bridgehead atoms. The number of benzene rings is 2. The molecule has 0 saturated heterocycles. The Morgan fingerprint density at radius 3 is 2.61 bits per heavy atom. The van der Waals surface area contributed by atoms with E-state index in [1.165, 1.54) is 5.56 Å². The van der Waals surface area contributed by atoms with Crippen LogP contribution < -0.4 is 20.9 Å². The van der Waals surface area contributed by atoms with Crippen LogP contribution in [0.25, 0.3) is 0 Å². The van der Waals surface area contributed by atoms with E-state index < -0.39 is 0 Å². The first-order chi connectivity index (χ1) is 13.5. The van der Waals surface area contributed by atoms with E-state index in [2.05, 4.69) is 35.3 Å². The molecule has 1 aromatic heterocycles. The molecule has 7 heteroatoms. The van der Waals surface area contributed by atoms with E-state index in [1.54, 1.807) is 18.9 Å². The lowest BCUT2D eigenvalue weighted by molar-refractivity contribution is 0.408. The molecule has 0 aliphatic carbocycles. The van der Waals surface area contributed by atoms with Crippen LogP contribution in [-0.2, 0) is 0 Å². The first-order valence-electron chi connectivity index (χ1n) is 8.60. The van der Waals surface area contributed by atoms with Gasteiger partial charge in [0.1, 0.15) is 28.9 Å². The summed E-state index contributed by atoms with van der Waals surface area (Å²) in [5, 5.41) is 9.24. The summed E-state index contributed by atoms with van der Waals surface area (Å²) in [4.78, 5) is 5.36. The zero-order valence-electron chi connectivity index (χ0n) is 15.4. The van der Waals surface area contributed by atoms with Crippen LogP contribution in [0.2, 0.25) is 0 Å². The van der Waals surface area contributed by atoms with Crippen molar-refractivity contribution in [1.29, 1.82) is 5.26 Å². The van der Waals surface area contributed by atoms with Crippen LogP contribution in [0.3, 0.4) is 0 Å². The van der Waals surface area contributed by atoms with Crippen molar-refractivity contribution in [3.63, 3.8) is 0 Å². The lowest BCUT2D eigenvalue weighted by Gasteiger charge is -2.29. The molecule has 1 unspecified atom stereocenters. The topological polar surface area (TPSA) is 107 Å². The molecule has 6 nitrogen and oxygen atoms in total. The van der Waals surface area contributed by atoms with E-state index in [9.17, 15) is 5.26 Å². The number of hydrogen-bond acceptors (Lipinski definition) is 7. The number of thioether (sulfide) groups is 1. The van der Waals surface area contributed by atoms with E-state index in [-0.39, 0.29) is 16.6 Å². The van der Waals surface area contributed by atoms with Crippen molar-refractivity contribution in [3.05, 3.63) is 64.7 Å². The van der Waals surface area contributed by atoms with Crippen molar-refractivity contribution in [3.8, 4) is 23.4 Å². The minimum absolute atomic E-state index is 0.0646. The third-order valence-corrected chi connectivity index (χ3v) is 5.89. The number of hydrogen-bond donors (Lipinski definition) is 2. The van der Waals surface area contributed by atoms with Gasteiger partial charge in [-0.3, -0.25) is 0 Å². The Bertz CT molecular complexity index is 1110. The highest BCUT2D eigenvalue weighted by molar-refractivity contribution is 7.99. The van der Waals surface area contributed by atoms with Crippen molar-refractivity contribution in [1.82, 2.24) is 4.98 Å². The molecule has 1 atom stereocenters. The summed E-state index contributed by atoms with van der Waals surface area (Å²) in [6.45, 7) is 2.04. The van der Waals surface area contributed by atoms with E-state index in [0.29, 0.717) is 28.6 Å². The van der Waals surface area contributed by atoms with Crippen molar-refractivity contribution < 1.29 is 9.47 Å². The molecule has 28 heavy (non-hydrogen) atoms. The second kappa shape index (κ2) is 6.98. The Kier molecular flexibility index (Phi) is 4.49. The third kappa shape index (κ3) is 2.98. The van der Waals surface area contributed by atoms with Gasteiger partial charge in [-0.15, -0.1) is 11.8 Å². The number of aromatic nitrogens is 1. The average Bonchev–Trinajstić information content (AvgIpc) is 2.69. The molecule has 1 aliphatic heterocycles. The van der Waals surface area contributed by atoms with Gasteiger partial charge in [0.15, 0.2) is 0 Å². The van der Waals surface area contributed by atoms with Gasteiger partial charge in [0.05, 0.1) is 23.6 Å². The fourth-order valence-electron chi connectivity index (χ4n) is 3.15. The second-order valence-electron chi connectivity index (χ2n) is 6.43. The fourth-order valence-corrected chi connectivity index (χ4v) is 4.37.